The molecule has 2 aromatic rings. The fourth-order valence-electron chi connectivity index (χ4n) is 2.77. The van der Waals surface area contributed by atoms with Crippen LogP contribution in [0.4, 0.5) is 5.69 Å². The van der Waals surface area contributed by atoms with E-state index in [0.29, 0.717) is 18.3 Å². The fourth-order valence-corrected chi connectivity index (χ4v) is 3.03. The number of nitrogens with two attached hydrogens (primary N) is 1. The Hall–Kier alpha value is -1.77. The van der Waals surface area contributed by atoms with Crippen LogP contribution in [0, 0.1) is 5.92 Å². The molecule has 1 aliphatic heterocycles. The Morgan fingerprint density at radius 3 is 2.67 bits per heavy atom. The third kappa shape index (κ3) is 4.40. The van der Waals surface area contributed by atoms with Crippen molar-refractivity contribution in [2.75, 3.05) is 18.4 Å². The number of halogens is 1. The lowest BCUT2D eigenvalue weighted by Crippen LogP contribution is -2.38. The number of nitrogens with zero attached hydrogens (tertiary/aromatic N) is 3. The maximum absolute atomic E-state index is 12.4. The van der Waals surface area contributed by atoms with Crippen molar-refractivity contribution in [3.8, 4) is 0 Å². The quantitative estimate of drug-likeness (QED) is 0.807. The van der Waals surface area contributed by atoms with Gasteiger partial charge in [-0.2, -0.15) is 4.98 Å². The molecule has 0 unspecified atom stereocenters. The predicted molar refractivity (Wildman–Crippen MR) is 93.0 cm³/mol. The number of hydrogen-bond donors (Lipinski definition) is 2. The van der Waals surface area contributed by atoms with Gasteiger partial charge in [-0.3, -0.25) is 9.69 Å². The van der Waals surface area contributed by atoms with Crippen LogP contribution in [-0.4, -0.2) is 34.0 Å². The molecule has 24 heavy (non-hydrogen) atoms. The summed E-state index contributed by atoms with van der Waals surface area (Å²) in [7, 11) is 0. The van der Waals surface area contributed by atoms with Crippen LogP contribution in [0.15, 0.2) is 33.3 Å². The van der Waals surface area contributed by atoms with Gasteiger partial charge in [-0.05, 0) is 50.2 Å². The molecular formula is C16H20BrN5O2. The summed E-state index contributed by atoms with van der Waals surface area (Å²) in [6, 6.07) is 7.61. The molecule has 1 aromatic heterocycles. The highest BCUT2D eigenvalue weighted by Gasteiger charge is 2.25. The van der Waals surface area contributed by atoms with Crippen molar-refractivity contribution in [1.29, 1.82) is 0 Å². The van der Waals surface area contributed by atoms with Gasteiger partial charge in [0, 0.05) is 16.1 Å². The van der Waals surface area contributed by atoms with E-state index in [2.05, 4.69) is 36.3 Å². The van der Waals surface area contributed by atoms with E-state index < -0.39 is 0 Å². The summed E-state index contributed by atoms with van der Waals surface area (Å²) in [5.74, 6) is 1.22. The zero-order valence-corrected chi connectivity index (χ0v) is 14.8. The van der Waals surface area contributed by atoms with Gasteiger partial charge in [0.25, 0.3) is 0 Å². The molecule has 3 rings (SSSR count). The maximum atomic E-state index is 12.4. The molecule has 7 nitrogen and oxygen atoms in total. The van der Waals surface area contributed by atoms with Crippen LogP contribution >= 0.6 is 15.9 Å². The highest BCUT2D eigenvalue weighted by atomic mass is 79.9. The van der Waals surface area contributed by atoms with Gasteiger partial charge >= 0.3 is 0 Å². The maximum Gasteiger partial charge on any atom is 0.240 e. The Morgan fingerprint density at radius 1 is 1.33 bits per heavy atom. The van der Waals surface area contributed by atoms with Gasteiger partial charge in [-0.25, -0.2) is 0 Å². The second-order valence-electron chi connectivity index (χ2n) is 5.86. The van der Waals surface area contributed by atoms with Crippen LogP contribution < -0.4 is 11.1 Å². The van der Waals surface area contributed by atoms with Crippen molar-refractivity contribution in [3.63, 3.8) is 0 Å². The molecule has 1 aliphatic rings. The normalized spacial score (nSPS) is 16.2. The van der Waals surface area contributed by atoms with Crippen LogP contribution in [0.3, 0.4) is 0 Å². The lowest BCUT2D eigenvalue weighted by molar-refractivity contribution is -0.121. The van der Waals surface area contributed by atoms with E-state index in [0.717, 1.165) is 36.1 Å². The van der Waals surface area contributed by atoms with Gasteiger partial charge in [0.05, 0.1) is 13.1 Å². The summed E-state index contributed by atoms with van der Waals surface area (Å²) in [6.07, 6.45) is 1.65. The van der Waals surface area contributed by atoms with E-state index in [1.54, 1.807) is 0 Å². The van der Waals surface area contributed by atoms with Crippen molar-refractivity contribution in [2.45, 2.75) is 25.9 Å². The van der Waals surface area contributed by atoms with E-state index >= 15 is 0 Å². The molecule has 1 amide bonds. The summed E-state index contributed by atoms with van der Waals surface area (Å²) in [6.45, 7) is 2.56. The highest BCUT2D eigenvalue weighted by molar-refractivity contribution is 9.10. The molecule has 128 valence electrons. The molecule has 1 fully saturated rings. The molecule has 1 saturated heterocycles. The average Bonchev–Trinajstić information content (AvgIpc) is 3.05. The minimum atomic E-state index is 0.0368. The zero-order valence-electron chi connectivity index (χ0n) is 13.2. The molecule has 1 aromatic carbocycles. The molecule has 0 spiro atoms. The third-order valence-electron chi connectivity index (χ3n) is 4.12. The van der Waals surface area contributed by atoms with Gasteiger partial charge in [0.2, 0.25) is 11.8 Å². The van der Waals surface area contributed by atoms with Crippen LogP contribution in [0.25, 0.3) is 0 Å². The Morgan fingerprint density at radius 2 is 2.04 bits per heavy atom. The minimum Gasteiger partial charge on any atom is -0.338 e. The molecule has 8 heteroatoms. The number of amides is 1. The van der Waals surface area contributed by atoms with Gasteiger partial charge in [0.15, 0.2) is 5.82 Å². The molecule has 0 atom stereocenters. The minimum absolute atomic E-state index is 0.0368. The molecule has 0 radical (unpaired) electrons. The van der Waals surface area contributed by atoms with Gasteiger partial charge in [-0.15, -0.1) is 0 Å². The van der Waals surface area contributed by atoms with Crippen LogP contribution in [0.2, 0.25) is 0 Å². The number of carbonyl (C=O) groups excluding carboxylic acids is 1. The zero-order chi connectivity index (χ0) is 16.9. The van der Waals surface area contributed by atoms with Gasteiger partial charge < -0.3 is 15.6 Å². The second-order valence-corrected chi connectivity index (χ2v) is 6.77. The van der Waals surface area contributed by atoms with E-state index in [4.69, 9.17) is 10.3 Å². The predicted octanol–water partition coefficient (Wildman–Crippen LogP) is 2.14. The summed E-state index contributed by atoms with van der Waals surface area (Å²) < 4.78 is 6.00. The number of rotatable bonds is 5. The van der Waals surface area contributed by atoms with Crippen molar-refractivity contribution >= 4 is 27.5 Å². The number of anilines is 1. The summed E-state index contributed by atoms with van der Waals surface area (Å²) >= 11 is 3.39. The van der Waals surface area contributed by atoms with E-state index in [1.807, 2.05) is 24.3 Å². The number of nitrogens with one attached hydrogen (secondary N) is 1. The average molecular weight is 394 g/mol. The summed E-state index contributed by atoms with van der Waals surface area (Å²) in [5.41, 5.74) is 6.29. The first kappa shape index (κ1) is 17.1. The van der Waals surface area contributed by atoms with Crippen LogP contribution in [0.5, 0.6) is 0 Å². The molecule has 0 bridgehead atoms. The van der Waals surface area contributed by atoms with Crippen molar-refractivity contribution in [3.05, 3.63) is 40.5 Å². The lowest BCUT2D eigenvalue weighted by Gasteiger charge is -2.30. The topological polar surface area (TPSA) is 97.3 Å². The molecule has 3 N–H and O–H groups in total. The number of likely N-dealkylation sites (tertiary alicyclic amines) is 1. The standard InChI is InChI=1S/C16H20BrN5O2/c17-12-1-3-13(4-2-12)19-16(23)11-5-7-22(8-6-11)10-14-20-15(9-18)24-21-14/h1-4,11H,5-10,18H2,(H,19,23). The summed E-state index contributed by atoms with van der Waals surface area (Å²) in [4.78, 5) is 18.8. The third-order valence-corrected chi connectivity index (χ3v) is 4.65. The second kappa shape index (κ2) is 7.87. The smallest absolute Gasteiger partial charge is 0.240 e. The Balaban J connectivity index is 1.47. The Labute approximate surface area is 148 Å². The number of benzene rings is 1. The SMILES string of the molecule is NCc1nc(CN2CCC(C(=O)Nc3ccc(Br)cc3)CC2)no1. The fraction of sp³-hybridized carbons (Fsp3) is 0.438. The molecular weight excluding hydrogens is 374 g/mol. The number of hydrogen-bond acceptors (Lipinski definition) is 6. The van der Waals surface area contributed by atoms with Crippen molar-refractivity contribution < 1.29 is 9.32 Å². The van der Waals surface area contributed by atoms with E-state index in [9.17, 15) is 4.79 Å². The molecule has 0 aliphatic carbocycles. The summed E-state index contributed by atoms with van der Waals surface area (Å²) in [5, 5.41) is 6.89. The van der Waals surface area contributed by atoms with Gasteiger partial charge in [0.1, 0.15) is 0 Å². The Kier molecular flexibility index (Phi) is 5.60. The molecule has 0 saturated carbocycles. The lowest BCUT2D eigenvalue weighted by atomic mass is 9.96. The number of piperidine rings is 1. The monoisotopic (exact) mass is 393 g/mol. The van der Waals surface area contributed by atoms with Gasteiger partial charge in [-0.1, -0.05) is 21.1 Å². The van der Waals surface area contributed by atoms with Crippen LogP contribution in [0.1, 0.15) is 24.6 Å². The first-order valence-corrected chi connectivity index (χ1v) is 8.73. The molecule has 2 heterocycles. The van der Waals surface area contributed by atoms with E-state index in [-0.39, 0.29) is 18.4 Å². The highest BCUT2D eigenvalue weighted by Crippen LogP contribution is 2.21. The first-order valence-electron chi connectivity index (χ1n) is 7.94. The van der Waals surface area contributed by atoms with E-state index in [1.165, 1.54) is 0 Å². The number of carbonyl (C=O) groups is 1. The van der Waals surface area contributed by atoms with Crippen molar-refractivity contribution in [1.82, 2.24) is 15.0 Å². The first-order chi connectivity index (χ1) is 11.6. The Bertz CT molecular complexity index is 680. The van der Waals surface area contributed by atoms with Crippen LogP contribution in [-0.2, 0) is 17.9 Å². The van der Waals surface area contributed by atoms with Crippen molar-refractivity contribution in [2.24, 2.45) is 11.7 Å². The number of aromatic nitrogens is 2. The largest absolute Gasteiger partial charge is 0.338 e.